The van der Waals surface area contributed by atoms with Crippen LogP contribution in [0.2, 0.25) is 0 Å². The quantitative estimate of drug-likeness (QED) is 0.0327. The Hall–Kier alpha value is -4.58. The van der Waals surface area contributed by atoms with Crippen LogP contribution in [-0.4, -0.2) is 39.6 Å². The van der Waals surface area contributed by atoms with Gasteiger partial charge in [0.25, 0.3) is 0 Å². The number of unbranched alkanes of at least 4 members (excludes halogenated alkanes) is 18. The van der Waals surface area contributed by atoms with E-state index in [0.29, 0.717) is 26.4 Å². The number of benzene rings is 4. The Labute approximate surface area is 414 Å². The molecule has 0 saturated carbocycles. The van der Waals surface area contributed by atoms with Crippen molar-refractivity contribution in [1.82, 2.24) is 0 Å². The van der Waals surface area contributed by atoms with E-state index in [1.165, 1.54) is 103 Å². The topological polar surface area (TPSA) is 55.4 Å². The maximum absolute atomic E-state index is 6.84. The lowest BCUT2D eigenvalue weighted by atomic mass is 9.99. The molecule has 0 spiro atoms. The van der Waals surface area contributed by atoms with Gasteiger partial charge in [0.2, 0.25) is 0 Å². The summed E-state index contributed by atoms with van der Waals surface area (Å²) in [5.74, 6) is 5.27. The second-order valence-electron chi connectivity index (χ2n) is 18.6. The predicted molar refractivity (Wildman–Crippen MR) is 293 cm³/mol. The van der Waals surface area contributed by atoms with E-state index in [4.69, 9.17) is 28.4 Å². The van der Waals surface area contributed by atoms with Crippen LogP contribution in [0, 0.1) is 0 Å². The van der Waals surface area contributed by atoms with Gasteiger partial charge in [-0.05, 0) is 87.1 Å². The van der Waals surface area contributed by atoms with Crippen LogP contribution >= 0.6 is 0 Å². The number of ether oxygens (including phenoxy) is 6. The van der Waals surface area contributed by atoms with Gasteiger partial charge in [-0.3, -0.25) is 0 Å². The lowest BCUT2D eigenvalue weighted by molar-refractivity contribution is 0.296. The molecule has 0 radical (unpaired) electrons. The van der Waals surface area contributed by atoms with Crippen molar-refractivity contribution >= 4 is 35.1 Å². The SMILES string of the molecule is CCCCCCOc1ccc(OCCCCCC)c(/C=C/c2ccc3c(OCCCCCC)c(/C=C/c4cc(OCCCCCC)ccc4OCCCCCC)ccc3c2OCCCCCC)c1. The van der Waals surface area contributed by atoms with Gasteiger partial charge in [0.1, 0.15) is 34.5 Å². The molecule has 4 aromatic rings. The third-order valence-electron chi connectivity index (χ3n) is 12.5. The molecule has 0 aliphatic carbocycles. The minimum absolute atomic E-state index is 0.653. The number of rotatable bonds is 40. The van der Waals surface area contributed by atoms with Crippen molar-refractivity contribution in [2.24, 2.45) is 0 Å². The largest absolute Gasteiger partial charge is 0.494 e. The summed E-state index contributed by atoms with van der Waals surface area (Å²) in [5.41, 5.74) is 4.06. The molecule has 6 heteroatoms. The molecule has 68 heavy (non-hydrogen) atoms. The smallest absolute Gasteiger partial charge is 0.134 e. The van der Waals surface area contributed by atoms with E-state index in [9.17, 15) is 0 Å². The van der Waals surface area contributed by atoms with Crippen molar-refractivity contribution < 1.29 is 28.4 Å². The Kier molecular flexibility index (Phi) is 29.3. The van der Waals surface area contributed by atoms with Gasteiger partial charge in [-0.1, -0.05) is 194 Å². The molecule has 0 amide bonds. The van der Waals surface area contributed by atoms with E-state index in [1.807, 2.05) is 0 Å². The fourth-order valence-corrected chi connectivity index (χ4v) is 8.35. The highest BCUT2D eigenvalue weighted by Crippen LogP contribution is 2.40. The van der Waals surface area contributed by atoms with Gasteiger partial charge in [0.15, 0.2) is 0 Å². The highest BCUT2D eigenvalue weighted by atomic mass is 16.5. The molecular weight excluding hydrogens is 841 g/mol. The van der Waals surface area contributed by atoms with E-state index >= 15 is 0 Å². The second-order valence-corrected chi connectivity index (χ2v) is 18.6. The fourth-order valence-electron chi connectivity index (χ4n) is 8.35. The summed E-state index contributed by atoms with van der Waals surface area (Å²) in [7, 11) is 0. The zero-order chi connectivity index (χ0) is 48.3. The van der Waals surface area contributed by atoms with Crippen LogP contribution in [0.15, 0.2) is 60.7 Å². The van der Waals surface area contributed by atoms with Gasteiger partial charge in [0.05, 0.1) is 39.6 Å². The predicted octanol–water partition coefficient (Wildman–Crippen LogP) is 18.9. The normalized spacial score (nSPS) is 11.6. The van der Waals surface area contributed by atoms with Gasteiger partial charge in [-0.2, -0.15) is 0 Å². The average Bonchev–Trinajstić information content (AvgIpc) is 3.35. The van der Waals surface area contributed by atoms with Crippen LogP contribution in [0.3, 0.4) is 0 Å². The molecule has 0 unspecified atom stereocenters. The molecule has 0 aliphatic heterocycles. The molecule has 4 aromatic carbocycles. The first-order valence-electron chi connectivity index (χ1n) is 27.6. The maximum atomic E-state index is 6.84. The monoisotopic (exact) mass is 933 g/mol. The van der Waals surface area contributed by atoms with Crippen LogP contribution in [0.1, 0.15) is 218 Å². The van der Waals surface area contributed by atoms with E-state index < -0.39 is 0 Å². The zero-order valence-corrected chi connectivity index (χ0v) is 43.7. The molecule has 6 nitrogen and oxygen atoms in total. The summed E-state index contributed by atoms with van der Waals surface area (Å²) in [4.78, 5) is 0. The standard InChI is InChI=1S/C62H92O6/c1-7-13-19-25-43-63-55-37-41-59(65-45-27-21-15-9-3)53(49-55)33-31-51-35-39-58-57(61(51)67-47-29-23-17-11-5)40-36-52(62(58)68-48-30-24-18-12-6)32-34-54-50-56(64-44-26-20-14-8-2)38-42-60(54)66-46-28-22-16-10-4/h31-42,49-50H,7-30,43-48H2,1-6H3/b33-31+,34-32+. The Morgan fingerprint density at radius 2 is 0.574 bits per heavy atom. The summed E-state index contributed by atoms with van der Waals surface area (Å²) in [6.07, 6.45) is 36.5. The third kappa shape index (κ3) is 21.0. The highest BCUT2D eigenvalue weighted by Gasteiger charge is 2.16. The van der Waals surface area contributed by atoms with Gasteiger partial charge in [0, 0.05) is 33.0 Å². The molecule has 0 bridgehead atoms. The Bertz CT molecular complexity index is 1850. The van der Waals surface area contributed by atoms with Crippen LogP contribution < -0.4 is 28.4 Å². The van der Waals surface area contributed by atoms with Crippen molar-refractivity contribution in [3.05, 3.63) is 82.9 Å². The van der Waals surface area contributed by atoms with Crippen molar-refractivity contribution in [3.8, 4) is 34.5 Å². The minimum atomic E-state index is 0.653. The fraction of sp³-hybridized carbons (Fsp3) is 0.581. The summed E-state index contributed by atoms with van der Waals surface area (Å²) < 4.78 is 39.1. The first-order valence-corrected chi connectivity index (χ1v) is 27.6. The second kappa shape index (κ2) is 35.5. The van der Waals surface area contributed by atoms with Crippen molar-refractivity contribution in [1.29, 1.82) is 0 Å². The molecule has 0 aromatic heterocycles. The van der Waals surface area contributed by atoms with Crippen molar-refractivity contribution in [3.63, 3.8) is 0 Å². The lowest BCUT2D eigenvalue weighted by Crippen LogP contribution is -2.03. The zero-order valence-electron chi connectivity index (χ0n) is 43.7. The van der Waals surface area contributed by atoms with E-state index in [1.54, 1.807) is 0 Å². The molecule has 0 aliphatic rings. The molecule has 4 rings (SSSR count). The minimum Gasteiger partial charge on any atom is -0.494 e. The maximum Gasteiger partial charge on any atom is 0.134 e. The summed E-state index contributed by atoms with van der Waals surface area (Å²) in [5, 5.41) is 2.10. The van der Waals surface area contributed by atoms with Crippen LogP contribution in [0.25, 0.3) is 35.1 Å². The van der Waals surface area contributed by atoms with Crippen LogP contribution in [0.5, 0.6) is 34.5 Å². The Morgan fingerprint density at radius 3 is 0.897 bits per heavy atom. The first-order chi connectivity index (χ1) is 33.6. The molecule has 0 atom stereocenters. The third-order valence-corrected chi connectivity index (χ3v) is 12.5. The average molecular weight is 933 g/mol. The van der Waals surface area contributed by atoms with Gasteiger partial charge < -0.3 is 28.4 Å². The lowest BCUT2D eigenvalue weighted by Gasteiger charge is -2.18. The molecular formula is C62H92O6. The van der Waals surface area contributed by atoms with Crippen LogP contribution in [-0.2, 0) is 0 Å². The van der Waals surface area contributed by atoms with Gasteiger partial charge >= 0.3 is 0 Å². The number of fused-ring (bicyclic) bond motifs is 1. The molecule has 376 valence electrons. The van der Waals surface area contributed by atoms with Crippen LogP contribution in [0.4, 0.5) is 0 Å². The Morgan fingerprint density at radius 1 is 0.279 bits per heavy atom. The van der Waals surface area contributed by atoms with E-state index in [2.05, 4.69) is 127 Å². The molecule has 0 saturated heterocycles. The summed E-state index contributed by atoms with van der Waals surface area (Å²) in [6.45, 7) is 17.6. The van der Waals surface area contributed by atoms with Crippen molar-refractivity contribution in [2.45, 2.75) is 196 Å². The summed E-state index contributed by atoms with van der Waals surface area (Å²) in [6, 6.07) is 21.4. The molecule has 0 fully saturated rings. The Balaban J connectivity index is 1.76. The van der Waals surface area contributed by atoms with E-state index in [0.717, 1.165) is 132 Å². The number of hydrogen-bond acceptors (Lipinski definition) is 6. The summed E-state index contributed by atoms with van der Waals surface area (Å²) >= 11 is 0. The molecule has 0 N–H and O–H groups in total. The first kappa shape index (κ1) is 56.0. The van der Waals surface area contributed by atoms with Gasteiger partial charge in [-0.25, -0.2) is 0 Å². The number of hydrogen-bond donors (Lipinski definition) is 0. The highest BCUT2D eigenvalue weighted by molar-refractivity contribution is 5.99. The van der Waals surface area contributed by atoms with Gasteiger partial charge in [-0.15, -0.1) is 0 Å². The van der Waals surface area contributed by atoms with E-state index in [-0.39, 0.29) is 0 Å². The van der Waals surface area contributed by atoms with Crippen molar-refractivity contribution in [2.75, 3.05) is 39.6 Å². The molecule has 0 heterocycles.